The van der Waals surface area contributed by atoms with Crippen molar-refractivity contribution in [2.24, 2.45) is 0 Å². The summed E-state index contributed by atoms with van der Waals surface area (Å²) in [7, 11) is 0. The first-order chi connectivity index (χ1) is 8.19. The van der Waals surface area contributed by atoms with Gasteiger partial charge in [-0.25, -0.2) is 4.98 Å². The van der Waals surface area contributed by atoms with E-state index in [1.54, 1.807) is 4.52 Å². The van der Waals surface area contributed by atoms with Gasteiger partial charge in [-0.1, -0.05) is 0 Å². The number of nitrogens with one attached hydrogen (secondary N) is 1. The Morgan fingerprint density at radius 2 is 2.24 bits per heavy atom. The molecule has 1 saturated carbocycles. The number of anilines is 1. The molecule has 2 heterocycles. The van der Waals surface area contributed by atoms with Crippen molar-refractivity contribution < 1.29 is 4.79 Å². The van der Waals surface area contributed by atoms with E-state index in [9.17, 15) is 4.79 Å². The summed E-state index contributed by atoms with van der Waals surface area (Å²) in [6.45, 7) is 3.75. The quantitative estimate of drug-likeness (QED) is 0.816. The molecule has 3 rings (SSSR count). The van der Waals surface area contributed by atoms with Crippen molar-refractivity contribution in [2.45, 2.75) is 32.7 Å². The minimum absolute atomic E-state index is 0.546. The molecule has 2 aromatic rings. The Balaban J connectivity index is 2.22. The molecule has 1 aliphatic carbocycles. The van der Waals surface area contributed by atoms with Gasteiger partial charge in [-0.05, 0) is 26.7 Å². The molecule has 17 heavy (non-hydrogen) atoms. The van der Waals surface area contributed by atoms with Crippen LogP contribution in [-0.4, -0.2) is 26.9 Å². The molecule has 0 unspecified atom stereocenters. The van der Waals surface area contributed by atoms with Gasteiger partial charge in [0.25, 0.3) is 0 Å². The molecular formula is C12H14N4O. The molecule has 5 nitrogen and oxygen atoms in total. The maximum absolute atomic E-state index is 11.0. The summed E-state index contributed by atoms with van der Waals surface area (Å²) in [6, 6.07) is 2.51. The monoisotopic (exact) mass is 230 g/mol. The first kappa shape index (κ1) is 10.3. The standard InChI is InChI=1S/C12H14N4O/c1-7-5-11(14-9-3-4-9)16-12(13-7)10(6-17)8(2)15-16/h5-6,9,14H,3-4H2,1-2H3. The van der Waals surface area contributed by atoms with E-state index in [1.807, 2.05) is 19.9 Å². The van der Waals surface area contributed by atoms with Gasteiger partial charge in [0.05, 0.1) is 11.3 Å². The molecule has 0 saturated heterocycles. The number of nitrogens with zero attached hydrogens (tertiary/aromatic N) is 3. The van der Waals surface area contributed by atoms with E-state index in [2.05, 4.69) is 15.4 Å². The van der Waals surface area contributed by atoms with Crippen LogP contribution in [0.2, 0.25) is 0 Å². The minimum Gasteiger partial charge on any atom is -0.367 e. The fourth-order valence-corrected chi connectivity index (χ4v) is 1.94. The Bertz CT molecular complexity index is 598. The lowest BCUT2D eigenvalue weighted by Crippen LogP contribution is -2.08. The lowest BCUT2D eigenvalue weighted by molar-refractivity contribution is 0.112. The number of aryl methyl sites for hydroxylation is 2. The van der Waals surface area contributed by atoms with E-state index in [-0.39, 0.29) is 0 Å². The fraction of sp³-hybridized carbons (Fsp3) is 0.417. The summed E-state index contributed by atoms with van der Waals surface area (Å²) < 4.78 is 1.73. The highest BCUT2D eigenvalue weighted by Crippen LogP contribution is 2.26. The van der Waals surface area contributed by atoms with Gasteiger partial charge in [0, 0.05) is 17.8 Å². The van der Waals surface area contributed by atoms with Crippen LogP contribution in [0, 0.1) is 13.8 Å². The normalized spacial score (nSPS) is 15.2. The van der Waals surface area contributed by atoms with Gasteiger partial charge in [0.2, 0.25) is 0 Å². The van der Waals surface area contributed by atoms with E-state index in [1.165, 1.54) is 12.8 Å². The Hall–Kier alpha value is -1.91. The zero-order valence-corrected chi connectivity index (χ0v) is 9.90. The van der Waals surface area contributed by atoms with Crippen LogP contribution in [0.5, 0.6) is 0 Å². The summed E-state index contributed by atoms with van der Waals surface area (Å²) >= 11 is 0. The van der Waals surface area contributed by atoms with Gasteiger partial charge in [-0.15, -0.1) is 0 Å². The van der Waals surface area contributed by atoms with E-state index in [0.717, 1.165) is 23.5 Å². The molecule has 1 fully saturated rings. The second kappa shape index (κ2) is 3.55. The second-order valence-corrected chi connectivity index (χ2v) is 4.55. The van der Waals surface area contributed by atoms with Crippen LogP contribution in [0.25, 0.3) is 5.65 Å². The number of aldehydes is 1. The Labute approximate surface area is 98.9 Å². The Kier molecular flexibility index (Phi) is 2.14. The van der Waals surface area contributed by atoms with Crippen molar-refractivity contribution in [1.82, 2.24) is 14.6 Å². The number of fused-ring (bicyclic) bond motifs is 1. The Morgan fingerprint density at radius 3 is 2.88 bits per heavy atom. The molecule has 0 aliphatic heterocycles. The summed E-state index contributed by atoms with van der Waals surface area (Å²) in [4.78, 5) is 15.4. The van der Waals surface area contributed by atoms with Crippen LogP contribution in [0.3, 0.4) is 0 Å². The van der Waals surface area contributed by atoms with Crippen LogP contribution in [-0.2, 0) is 0 Å². The van der Waals surface area contributed by atoms with E-state index >= 15 is 0 Å². The highest BCUT2D eigenvalue weighted by molar-refractivity contribution is 5.86. The van der Waals surface area contributed by atoms with Gasteiger partial charge >= 0.3 is 0 Å². The maximum Gasteiger partial charge on any atom is 0.168 e. The number of rotatable bonds is 3. The van der Waals surface area contributed by atoms with Crippen molar-refractivity contribution in [3.63, 3.8) is 0 Å². The highest BCUT2D eigenvalue weighted by Gasteiger charge is 2.23. The molecule has 88 valence electrons. The highest BCUT2D eigenvalue weighted by atomic mass is 16.1. The molecule has 0 aromatic carbocycles. The topological polar surface area (TPSA) is 59.3 Å². The van der Waals surface area contributed by atoms with Crippen molar-refractivity contribution in [1.29, 1.82) is 0 Å². The maximum atomic E-state index is 11.0. The van der Waals surface area contributed by atoms with E-state index < -0.39 is 0 Å². The lowest BCUT2D eigenvalue weighted by Gasteiger charge is -2.07. The Morgan fingerprint density at radius 1 is 1.47 bits per heavy atom. The fourth-order valence-electron chi connectivity index (χ4n) is 1.94. The van der Waals surface area contributed by atoms with Crippen LogP contribution in [0.1, 0.15) is 34.6 Å². The minimum atomic E-state index is 0.546. The smallest absolute Gasteiger partial charge is 0.168 e. The molecule has 2 aromatic heterocycles. The molecule has 5 heteroatoms. The van der Waals surface area contributed by atoms with Gasteiger partial charge in [-0.3, -0.25) is 4.79 Å². The van der Waals surface area contributed by atoms with Crippen LogP contribution in [0.15, 0.2) is 6.07 Å². The lowest BCUT2D eigenvalue weighted by atomic mass is 10.3. The van der Waals surface area contributed by atoms with E-state index in [0.29, 0.717) is 17.3 Å². The summed E-state index contributed by atoms with van der Waals surface area (Å²) in [5, 5.41) is 7.78. The first-order valence-corrected chi connectivity index (χ1v) is 5.77. The SMILES string of the molecule is Cc1cc(NC2CC2)n2nc(C)c(C=O)c2n1. The largest absolute Gasteiger partial charge is 0.367 e. The first-order valence-electron chi connectivity index (χ1n) is 5.77. The average molecular weight is 230 g/mol. The average Bonchev–Trinajstić information content (AvgIpc) is 3.02. The van der Waals surface area contributed by atoms with Gasteiger partial charge < -0.3 is 5.32 Å². The molecule has 1 aliphatic rings. The number of hydrogen-bond acceptors (Lipinski definition) is 4. The van der Waals surface area contributed by atoms with Crippen LogP contribution in [0.4, 0.5) is 5.82 Å². The number of carbonyl (C=O) groups is 1. The third kappa shape index (κ3) is 1.67. The van der Waals surface area contributed by atoms with Crippen LogP contribution < -0.4 is 5.32 Å². The molecule has 0 atom stereocenters. The van der Waals surface area contributed by atoms with E-state index in [4.69, 9.17) is 0 Å². The van der Waals surface area contributed by atoms with Crippen molar-refractivity contribution >= 4 is 17.8 Å². The molecule has 0 radical (unpaired) electrons. The number of hydrogen-bond donors (Lipinski definition) is 1. The third-order valence-corrected chi connectivity index (χ3v) is 2.98. The predicted molar refractivity (Wildman–Crippen MR) is 64.5 cm³/mol. The molecular weight excluding hydrogens is 216 g/mol. The summed E-state index contributed by atoms with van der Waals surface area (Å²) in [5.74, 6) is 0.922. The zero-order chi connectivity index (χ0) is 12.0. The summed E-state index contributed by atoms with van der Waals surface area (Å²) in [6.07, 6.45) is 3.22. The van der Waals surface area contributed by atoms with Crippen molar-refractivity contribution in [3.05, 3.63) is 23.0 Å². The van der Waals surface area contributed by atoms with Crippen LogP contribution >= 0.6 is 0 Å². The molecule has 0 amide bonds. The van der Waals surface area contributed by atoms with Gasteiger partial charge in [-0.2, -0.15) is 9.61 Å². The second-order valence-electron chi connectivity index (χ2n) is 4.55. The van der Waals surface area contributed by atoms with Crippen molar-refractivity contribution in [2.75, 3.05) is 5.32 Å². The number of aromatic nitrogens is 3. The van der Waals surface area contributed by atoms with Gasteiger partial charge in [0.1, 0.15) is 5.82 Å². The van der Waals surface area contributed by atoms with Gasteiger partial charge in [0.15, 0.2) is 11.9 Å². The van der Waals surface area contributed by atoms with Crippen molar-refractivity contribution in [3.8, 4) is 0 Å². The predicted octanol–water partition coefficient (Wildman–Crippen LogP) is 1.73. The molecule has 0 bridgehead atoms. The number of carbonyl (C=O) groups excluding carboxylic acids is 1. The molecule has 1 N–H and O–H groups in total. The summed E-state index contributed by atoms with van der Waals surface area (Å²) in [5.41, 5.74) is 2.83. The zero-order valence-electron chi connectivity index (χ0n) is 9.90. The molecule has 0 spiro atoms. The third-order valence-electron chi connectivity index (χ3n) is 2.98.